The maximum atomic E-state index is 12.3. The SMILES string of the molecule is CCOC(=O)c1cccc(C(=O)Nc2ccc(OC)c(OC)c2)n1. The number of benzene rings is 1. The first-order valence-electron chi connectivity index (χ1n) is 7.26. The lowest BCUT2D eigenvalue weighted by Gasteiger charge is -2.10. The van der Waals surface area contributed by atoms with Crippen LogP contribution in [0.2, 0.25) is 0 Å². The summed E-state index contributed by atoms with van der Waals surface area (Å²) in [5, 5.41) is 2.69. The number of amides is 1. The van der Waals surface area contributed by atoms with Crippen molar-refractivity contribution in [2.24, 2.45) is 0 Å². The fraction of sp³-hybridized carbons (Fsp3) is 0.235. The van der Waals surface area contributed by atoms with Crippen LogP contribution in [0.5, 0.6) is 11.5 Å². The first-order valence-corrected chi connectivity index (χ1v) is 7.26. The highest BCUT2D eigenvalue weighted by molar-refractivity contribution is 6.03. The first kappa shape index (κ1) is 17.3. The van der Waals surface area contributed by atoms with Crippen molar-refractivity contribution in [3.8, 4) is 11.5 Å². The summed E-state index contributed by atoms with van der Waals surface area (Å²) < 4.78 is 15.2. The van der Waals surface area contributed by atoms with Crippen molar-refractivity contribution in [2.45, 2.75) is 6.92 Å². The Balaban J connectivity index is 2.18. The van der Waals surface area contributed by atoms with Crippen LogP contribution in [0.15, 0.2) is 36.4 Å². The molecule has 7 heteroatoms. The Labute approximate surface area is 139 Å². The van der Waals surface area contributed by atoms with Gasteiger partial charge in [-0.05, 0) is 31.2 Å². The lowest BCUT2D eigenvalue weighted by atomic mass is 10.2. The van der Waals surface area contributed by atoms with E-state index in [1.807, 2.05) is 0 Å². The summed E-state index contributed by atoms with van der Waals surface area (Å²) in [7, 11) is 3.04. The fourth-order valence-electron chi connectivity index (χ4n) is 1.99. The van der Waals surface area contributed by atoms with Crippen LogP contribution in [-0.2, 0) is 4.74 Å². The maximum absolute atomic E-state index is 12.3. The van der Waals surface area contributed by atoms with E-state index in [9.17, 15) is 9.59 Å². The van der Waals surface area contributed by atoms with Crippen LogP contribution in [0.1, 0.15) is 27.9 Å². The van der Waals surface area contributed by atoms with Crippen LogP contribution in [0.25, 0.3) is 0 Å². The quantitative estimate of drug-likeness (QED) is 0.819. The molecule has 0 aliphatic rings. The number of ether oxygens (including phenoxy) is 3. The number of methoxy groups -OCH3 is 2. The monoisotopic (exact) mass is 330 g/mol. The van der Waals surface area contributed by atoms with E-state index < -0.39 is 11.9 Å². The molecule has 126 valence electrons. The van der Waals surface area contributed by atoms with E-state index in [0.29, 0.717) is 17.2 Å². The van der Waals surface area contributed by atoms with Crippen LogP contribution in [0, 0.1) is 0 Å². The predicted octanol–water partition coefficient (Wildman–Crippen LogP) is 2.53. The second kappa shape index (κ2) is 7.96. The third-order valence-corrected chi connectivity index (χ3v) is 3.11. The van der Waals surface area contributed by atoms with Crippen molar-refractivity contribution < 1.29 is 23.8 Å². The van der Waals surface area contributed by atoms with Crippen molar-refractivity contribution in [3.63, 3.8) is 0 Å². The highest BCUT2D eigenvalue weighted by Crippen LogP contribution is 2.29. The highest BCUT2D eigenvalue weighted by Gasteiger charge is 2.14. The number of hydrogen-bond acceptors (Lipinski definition) is 6. The number of aromatic nitrogens is 1. The van der Waals surface area contributed by atoms with Gasteiger partial charge in [-0.2, -0.15) is 0 Å². The zero-order chi connectivity index (χ0) is 17.5. The summed E-state index contributed by atoms with van der Waals surface area (Å²) in [4.78, 5) is 28.0. The van der Waals surface area contributed by atoms with Crippen molar-refractivity contribution >= 4 is 17.6 Å². The van der Waals surface area contributed by atoms with E-state index in [0.717, 1.165) is 0 Å². The number of rotatable bonds is 6. The van der Waals surface area contributed by atoms with Crippen molar-refractivity contribution in [1.29, 1.82) is 0 Å². The molecule has 2 aromatic rings. The van der Waals surface area contributed by atoms with Crippen molar-refractivity contribution in [3.05, 3.63) is 47.8 Å². The molecule has 0 bridgehead atoms. The van der Waals surface area contributed by atoms with Crippen LogP contribution in [0.3, 0.4) is 0 Å². The van der Waals surface area contributed by atoms with E-state index in [4.69, 9.17) is 14.2 Å². The van der Waals surface area contributed by atoms with Gasteiger partial charge in [0.1, 0.15) is 11.4 Å². The van der Waals surface area contributed by atoms with Gasteiger partial charge in [0.05, 0.1) is 20.8 Å². The van der Waals surface area contributed by atoms with Crippen LogP contribution in [0.4, 0.5) is 5.69 Å². The van der Waals surface area contributed by atoms with Gasteiger partial charge in [-0.1, -0.05) is 6.07 Å². The molecule has 0 radical (unpaired) electrons. The Bertz CT molecular complexity index is 746. The molecule has 7 nitrogen and oxygen atoms in total. The maximum Gasteiger partial charge on any atom is 0.356 e. The fourth-order valence-corrected chi connectivity index (χ4v) is 1.99. The number of nitrogens with one attached hydrogen (secondary N) is 1. The second-order valence-electron chi connectivity index (χ2n) is 4.65. The van der Waals surface area contributed by atoms with Gasteiger partial charge < -0.3 is 19.5 Å². The topological polar surface area (TPSA) is 86.8 Å². The molecule has 1 aromatic heterocycles. The molecule has 0 spiro atoms. The van der Waals surface area contributed by atoms with E-state index in [1.165, 1.54) is 26.4 Å². The second-order valence-corrected chi connectivity index (χ2v) is 4.65. The van der Waals surface area contributed by atoms with Crippen LogP contribution >= 0.6 is 0 Å². The van der Waals surface area contributed by atoms with Gasteiger partial charge in [0.15, 0.2) is 11.5 Å². The number of carbonyl (C=O) groups excluding carboxylic acids is 2. The molecule has 0 atom stereocenters. The third-order valence-electron chi connectivity index (χ3n) is 3.11. The molecule has 1 N–H and O–H groups in total. The molecule has 2 rings (SSSR count). The minimum atomic E-state index is -0.571. The van der Waals surface area contributed by atoms with E-state index in [1.54, 1.807) is 31.2 Å². The molecule has 1 heterocycles. The minimum absolute atomic E-state index is 0.0804. The summed E-state index contributed by atoms with van der Waals surface area (Å²) in [5.74, 6) is 0.0214. The molecule has 0 saturated carbocycles. The van der Waals surface area contributed by atoms with E-state index >= 15 is 0 Å². The Kier molecular flexibility index (Phi) is 5.73. The van der Waals surface area contributed by atoms with Gasteiger partial charge in [-0.25, -0.2) is 9.78 Å². The summed E-state index contributed by atoms with van der Waals surface area (Å²) in [6.07, 6.45) is 0. The molecule has 24 heavy (non-hydrogen) atoms. The summed E-state index contributed by atoms with van der Waals surface area (Å²) in [6, 6.07) is 9.56. The standard InChI is InChI=1S/C17H18N2O5/c1-4-24-17(21)13-7-5-6-12(19-13)16(20)18-11-8-9-14(22-2)15(10-11)23-3/h5-10H,4H2,1-3H3,(H,18,20). The number of hydrogen-bond donors (Lipinski definition) is 1. The third kappa shape index (κ3) is 4.01. The number of nitrogens with zero attached hydrogens (tertiary/aromatic N) is 1. The average molecular weight is 330 g/mol. The van der Waals surface area contributed by atoms with Gasteiger partial charge in [-0.15, -0.1) is 0 Å². The molecule has 0 aliphatic heterocycles. The first-order chi connectivity index (χ1) is 11.6. The molecular weight excluding hydrogens is 312 g/mol. The summed E-state index contributed by atoms with van der Waals surface area (Å²) in [6.45, 7) is 1.94. The zero-order valence-corrected chi connectivity index (χ0v) is 13.7. The van der Waals surface area contributed by atoms with Crippen LogP contribution in [-0.4, -0.2) is 37.7 Å². The Morgan fingerprint density at radius 2 is 1.75 bits per heavy atom. The van der Waals surface area contributed by atoms with Gasteiger partial charge in [0, 0.05) is 11.8 Å². The molecule has 0 unspecified atom stereocenters. The number of esters is 1. The molecule has 0 fully saturated rings. The van der Waals surface area contributed by atoms with Crippen molar-refractivity contribution in [2.75, 3.05) is 26.1 Å². The van der Waals surface area contributed by atoms with E-state index in [-0.39, 0.29) is 18.0 Å². The van der Waals surface area contributed by atoms with Crippen LogP contribution < -0.4 is 14.8 Å². The molecule has 1 amide bonds. The van der Waals surface area contributed by atoms with Gasteiger partial charge in [-0.3, -0.25) is 4.79 Å². The van der Waals surface area contributed by atoms with Gasteiger partial charge >= 0.3 is 5.97 Å². The Morgan fingerprint density at radius 1 is 1.04 bits per heavy atom. The number of anilines is 1. The zero-order valence-electron chi connectivity index (χ0n) is 13.7. The van der Waals surface area contributed by atoms with E-state index in [2.05, 4.69) is 10.3 Å². The lowest BCUT2D eigenvalue weighted by molar-refractivity contribution is 0.0519. The molecule has 0 aliphatic carbocycles. The Morgan fingerprint density at radius 3 is 2.42 bits per heavy atom. The summed E-state index contributed by atoms with van der Waals surface area (Å²) >= 11 is 0. The molecule has 0 saturated heterocycles. The predicted molar refractivity (Wildman–Crippen MR) is 87.7 cm³/mol. The number of carbonyl (C=O) groups is 2. The van der Waals surface area contributed by atoms with Crippen molar-refractivity contribution in [1.82, 2.24) is 4.98 Å². The number of pyridine rings is 1. The normalized spacial score (nSPS) is 9.96. The Hall–Kier alpha value is -3.09. The molecule has 1 aromatic carbocycles. The average Bonchev–Trinajstić information content (AvgIpc) is 2.61. The minimum Gasteiger partial charge on any atom is -0.493 e. The van der Waals surface area contributed by atoms with Gasteiger partial charge in [0.2, 0.25) is 0 Å². The smallest absolute Gasteiger partial charge is 0.356 e. The van der Waals surface area contributed by atoms with Gasteiger partial charge in [0.25, 0.3) is 5.91 Å². The molecular formula is C17H18N2O5. The lowest BCUT2D eigenvalue weighted by Crippen LogP contribution is -2.16. The summed E-state index contributed by atoms with van der Waals surface area (Å²) in [5.41, 5.74) is 0.702. The highest BCUT2D eigenvalue weighted by atomic mass is 16.5. The largest absolute Gasteiger partial charge is 0.493 e.